The van der Waals surface area contributed by atoms with Gasteiger partial charge < -0.3 is 5.32 Å². The van der Waals surface area contributed by atoms with Crippen molar-refractivity contribution < 1.29 is 13.2 Å². The second-order valence-corrected chi connectivity index (χ2v) is 14.4. The van der Waals surface area contributed by atoms with E-state index in [1.807, 2.05) is 18.7 Å². The minimum absolute atomic E-state index is 0.0347. The summed E-state index contributed by atoms with van der Waals surface area (Å²) in [5.74, 6) is 1.55. The quantitative estimate of drug-likeness (QED) is 0.123. The first-order chi connectivity index (χ1) is 22.7. The van der Waals surface area contributed by atoms with Crippen molar-refractivity contribution in [1.29, 1.82) is 0 Å². The third kappa shape index (κ3) is 9.04. The van der Waals surface area contributed by atoms with Crippen molar-refractivity contribution in [2.24, 2.45) is 15.9 Å². The smallest absolute Gasteiger partial charge is 0.274 e. The maximum Gasteiger partial charge on any atom is 0.274 e. The third-order valence-electron chi connectivity index (χ3n) is 8.75. The molecule has 0 unspecified atom stereocenters. The molecule has 1 fully saturated rings. The summed E-state index contributed by atoms with van der Waals surface area (Å²) in [6.07, 6.45) is 14.0. The van der Waals surface area contributed by atoms with Gasteiger partial charge in [-0.15, -0.1) is 0 Å². The summed E-state index contributed by atoms with van der Waals surface area (Å²) in [4.78, 5) is 44.2. The Labute approximate surface area is 280 Å². The Morgan fingerprint density at radius 1 is 1.13 bits per heavy atom. The number of unbranched alkanes of at least 4 members (excludes halogenated alkanes) is 1. The van der Waals surface area contributed by atoms with Crippen LogP contribution in [0.3, 0.4) is 0 Å². The van der Waals surface area contributed by atoms with Crippen molar-refractivity contribution in [2.75, 3.05) is 23.7 Å². The van der Waals surface area contributed by atoms with Crippen LogP contribution in [0, 0.1) is 5.92 Å². The molecule has 0 bridgehead atoms. The largest absolute Gasteiger partial charge is 0.311 e. The maximum absolute atomic E-state index is 14.2. The van der Waals surface area contributed by atoms with Gasteiger partial charge in [0.25, 0.3) is 5.91 Å². The minimum atomic E-state index is -3.28. The molecular formula is C35H50N8O3S. The molecule has 1 aliphatic heterocycles. The monoisotopic (exact) mass is 662 g/mol. The molecule has 0 aromatic carbocycles. The normalized spacial score (nSPS) is 16.5. The summed E-state index contributed by atoms with van der Waals surface area (Å²) in [5, 5.41) is 3.34. The van der Waals surface area contributed by atoms with E-state index in [0.717, 1.165) is 61.0 Å². The molecule has 12 heteroatoms. The molecule has 1 aliphatic carbocycles. The number of allylic oxidation sites excluding steroid dienone is 3. The van der Waals surface area contributed by atoms with Crippen LogP contribution in [0.5, 0.6) is 0 Å². The third-order valence-corrected chi connectivity index (χ3v) is 10.9. The minimum Gasteiger partial charge on any atom is -0.311 e. The van der Waals surface area contributed by atoms with Crippen LogP contribution in [0.4, 0.5) is 5.82 Å². The number of aryl methyl sites for hydroxylation is 2. The molecule has 11 nitrogen and oxygen atoms in total. The molecule has 1 atom stereocenters. The summed E-state index contributed by atoms with van der Waals surface area (Å²) >= 11 is 0. The van der Waals surface area contributed by atoms with Crippen LogP contribution in [0.2, 0.25) is 0 Å². The average molecular weight is 663 g/mol. The molecule has 47 heavy (non-hydrogen) atoms. The van der Waals surface area contributed by atoms with Gasteiger partial charge in [-0.3, -0.25) is 19.7 Å². The predicted molar refractivity (Wildman–Crippen MR) is 189 cm³/mol. The van der Waals surface area contributed by atoms with Crippen molar-refractivity contribution in [3.05, 3.63) is 52.2 Å². The summed E-state index contributed by atoms with van der Waals surface area (Å²) in [6, 6.07) is -0.0347. The first kappa shape index (κ1) is 36.2. The lowest BCUT2D eigenvalue weighted by molar-refractivity contribution is -0.113. The number of hydrogen-bond donors (Lipinski definition) is 1. The van der Waals surface area contributed by atoms with E-state index in [2.05, 4.69) is 47.8 Å². The van der Waals surface area contributed by atoms with Gasteiger partial charge in [-0.05, 0) is 76.7 Å². The van der Waals surface area contributed by atoms with Gasteiger partial charge in [0.15, 0.2) is 15.7 Å². The lowest BCUT2D eigenvalue weighted by Crippen LogP contribution is -2.46. The van der Waals surface area contributed by atoms with E-state index in [9.17, 15) is 13.2 Å². The van der Waals surface area contributed by atoms with Gasteiger partial charge in [-0.1, -0.05) is 34.1 Å². The molecule has 2 aromatic heterocycles. The van der Waals surface area contributed by atoms with Gasteiger partial charge in [-0.25, -0.2) is 28.4 Å². The molecule has 1 amide bonds. The van der Waals surface area contributed by atoms with Crippen LogP contribution in [-0.4, -0.2) is 71.6 Å². The number of nitrogens with zero attached hydrogens (tertiary/aromatic N) is 7. The molecule has 2 aliphatic rings. The van der Waals surface area contributed by atoms with Gasteiger partial charge >= 0.3 is 0 Å². The van der Waals surface area contributed by atoms with Crippen LogP contribution in [-0.2, 0) is 34.0 Å². The standard InChI is InChI=1S/C35H50N8O3S/c1-7-11-12-30-32(29(10-4)40-23-41-30)33-39-21-26-20-38-31(35(44)43(34(26)42-33)24(5)25-13-14-25)22-37-18-17-27(36-6)15-16-28(9-3)47(45,46)19-8-2/h15-16,21,23-25,37H,6-14,17-20,22H2,1-5H3/b27-15-,28-16+/t24-/m0/s1. The van der Waals surface area contributed by atoms with E-state index in [1.54, 1.807) is 24.7 Å². The number of rotatable bonds is 18. The average Bonchev–Trinajstić information content (AvgIpc) is 3.93. The number of aromatic nitrogens is 4. The fraction of sp³-hybridized carbons (Fsp3) is 0.571. The molecule has 254 valence electrons. The zero-order valence-corrected chi connectivity index (χ0v) is 29.4. The molecule has 0 saturated heterocycles. The lowest BCUT2D eigenvalue weighted by atomic mass is 10.0. The number of fused-ring (bicyclic) bond motifs is 1. The van der Waals surface area contributed by atoms with Gasteiger partial charge in [0.1, 0.15) is 17.9 Å². The van der Waals surface area contributed by atoms with Crippen LogP contribution in [0.1, 0.15) is 96.5 Å². The number of carbonyl (C=O) groups excluding carboxylic acids is 1. The summed E-state index contributed by atoms with van der Waals surface area (Å²) in [6.45, 7) is 14.8. The van der Waals surface area contributed by atoms with Crippen LogP contribution in [0.25, 0.3) is 11.4 Å². The van der Waals surface area contributed by atoms with Gasteiger partial charge in [0, 0.05) is 47.9 Å². The first-order valence-electron chi connectivity index (χ1n) is 17.0. The Morgan fingerprint density at radius 3 is 2.55 bits per heavy atom. The highest BCUT2D eigenvalue weighted by Crippen LogP contribution is 2.39. The molecule has 1 N–H and O–H groups in total. The van der Waals surface area contributed by atoms with Crippen molar-refractivity contribution >= 4 is 34.0 Å². The van der Waals surface area contributed by atoms with Gasteiger partial charge in [-0.2, -0.15) is 0 Å². The van der Waals surface area contributed by atoms with Crippen LogP contribution < -0.4 is 10.2 Å². The first-order valence-corrected chi connectivity index (χ1v) is 18.7. The molecular weight excluding hydrogens is 613 g/mol. The lowest BCUT2D eigenvalue weighted by Gasteiger charge is -2.29. The van der Waals surface area contributed by atoms with Crippen molar-refractivity contribution in [1.82, 2.24) is 25.3 Å². The number of carbonyl (C=O) groups is 1. The number of hydrogen-bond acceptors (Lipinski definition) is 10. The number of amides is 1. The second kappa shape index (κ2) is 17.0. The highest BCUT2D eigenvalue weighted by molar-refractivity contribution is 7.95. The molecule has 0 radical (unpaired) electrons. The zero-order chi connectivity index (χ0) is 34.0. The van der Waals surface area contributed by atoms with E-state index in [-0.39, 0.29) is 24.2 Å². The predicted octanol–water partition coefficient (Wildman–Crippen LogP) is 5.61. The van der Waals surface area contributed by atoms with Crippen molar-refractivity contribution in [3.63, 3.8) is 0 Å². The second-order valence-electron chi connectivity index (χ2n) is 12.2. The Morgan fingerprint density at radius 2 is 1.89 bits per heavy atom. The number of anilines is 1. The molecule has 1 saturated carbocycles. The molecule has 4 rings (SSSR count). The van der Waals surface area contributed by atoms with Crippen molar-refractivity contribution in [3.8, 4) is 11.4 Å². The SMILES string of the molecule is C=N/C(=C\C=C(/CC)S(=O)(=O)CCC)CCNCC1=NCc2cnc(-c3c(CC)ncnc3CCCC)nc2N([C@@H](C)C2CC2)C1=O. The number of aliphatic imine (C=N–C) groups is 2. The topological polar surface area (TPSA) is 143 Å². The Hall–Kier alpha value is -3.64. The zero-order valence-electron chi connectivity index (χ0n) is 28.6. The number of sulfone groups is 1. The van der Waals surface area contributed by atoms with E-state index in [1.165, 1.54) is 0 Å². The molecule has 0 spiro atoms. The fourth-order valence-corrected chi connectivity index (χ4v) is 7.33. The fourth-order valence-electron chi connectivity index (χ4n) is 5.81. The van der Waals surface area contributed by atoms with Crippen molar-refractivity contribution in [2.45, 2.75) is 105 Å². The Balaban J connectivity index is 1.54. The van der Waals surface area contributed by atoms with Crippen LogP contribution >= 0.6 is 0 Å². The number of nitrogens with one attached hydrogen (secondary N) is 1. The molecule has 2 aromatic rings. The Kier molecular flexibility index (Phi) is 13.1. The van der Waals surface area contributed by atoms with Gasteiger partial charge in [0.2, 0.25) is 0 Å². The summed E-state index contributed by atoms with van der Waals surface area (Å²) < 4.78 is 25.0. The Bertz CT molecular complexity index is 1630. The highest BCUT2D eigenvalue weighted by Gasteiger charge is 2.39. The van der Waals surface area contributed by atoms with E-state index in [4.69, 9.17) is 15.0 Å². The van der Waals surface area contributed by atoms with E-state index in [0.29, 0.717) is 66.2 Å². The van der Waals surface area contributed by atoms with Crippen LogP contribution in [0.15, 0.2) is 45.3 Å². The summed E-state index contributed by atoms with van der Waals surface area (Å²) in [7, 11) is -3.28. The van der Waals surface area contributed by atoms with Gasteiger partial charge in [0.05, 0.1) is 29.2 Å². The maximum atomic E-state index is 14.2. The highest BCUT2D eigenvalue weighted by atomic mass is 32.2. The summed E-state index contributed by atoms with van der Waals surface area (Å²) in [5.41, 5.74) is 4.63. The van der Waals surface area contributed by atoms with E-state index >= 15 is 0 Å². The van der Waals surface area contributed by atoms with E-state index < -0.39 is 9.84 Å². The molecule has 3 heterocycles.